The minimum atomic E-state index is -3.73. The molecule has 0 unspecified atom stereocenters. The first-order valence-electron chi connectivity index (χ1n) is 12.3. The van der Waals surface area contributed by atoms with E-state index in [1.807, 2.05) is 87.5 Å². The predicted molar refractivity (Wildman–Crippen MR) is 140 cm³/mol. The fraction of sp³-hybridized carbons (Fsp3) is 0.333. The van der Waals surface area contributed by atoms with Gasteiger partial charge in [-0.05, 0) is 43.4 Å². The zero-order valence-electron chi connectivity index (χ0n) is 20.6. The van der Waals surface area contributed by atoms with E-state index in [2.05, 4.69) is 12.1 Å². The van der Waals surface area contributed by atoms with Crippen molar-refractivity contribution in [3.05, 3.63) is 113 Å². The summed E-state index contributed by atoms with van der Waals surface area (Å²) in [6, 6.07) is 27.1. The molecule has 0 saturated carbocycles. The second kappa shape index (κ2) is 11.3. The van der Waals surface area contributed by atoms with Crippen LogP contribution >= 0.6 is 0 Å². The molecule has 35 heavy (non-hydrogen) atoms. The minimum absolute atomic E-state index is 0.0506. The lowest BCUT2D eigenvalue weighted by Crippen LogP contribution is -2.37. The molecule has 4 rings (SSSR count). The van der Waals surface area contributed by atoms with Crippen LogP contribution in [-0.4, -0.2) is 20.6 Å². The molecule has 0 spiro atoms. The molecule has 0 aromatic heterocycles. The zero-order valence-corrected chi connectivity index (χ0v) is 21.4. The van der Waals surface area contributed by atoms with Crippen molar-refractivity contribution >= 4 is 9.84 Å². The van der Waals surface area contributed by atoms with Crippen LogP contribution in [0.1, 0.15) is 49.7 Å². The predicted octanol–water partition coefficient (Wildman–Crippen LogP) is 6.81. The van der Waals surface area contributed by atoms with E-state index in [0.717, 1.165) is 24.0 Å². The van der Waals surface area contributed by atoms with E-state index >= 15 is 0 Å². The second-order valence-electron chi connectivity index (χ2n) is 9.51. The van der Waals surface area contributed by atoms with E-state index in [0.29, 0.717) is 16.2 Å². The quantitative estimate of drug-likeness (QED) is 0.348. The molecule has 3 aromatic carbocycles. The van der Waals surface area contributed by atoms with Gasteiger partial charge in [-0.2, -0.15) is 0 Å². The molecule has 0 radical (unpaired) electrons. The number of hydrogen-bond donors (Lipinski definition) is 0. The molecule has 4 nitrogen and oxygen atoms in total. The summed E-state index contributed by atoms with van der Waals surface area (Å²) in [7, 11) is -3.73. The first kappa shape index (κ1) is 25.4. The van der Waals surface area contributed by atoms with Gasteiger partial charge in [-0.3, -0.25) is 0 Å². The topological polar surface area (TPSA) is 52.6 Å². The van der Waals surface area contributed by atoms with Crippen molar-refractivity contribution in [2.45, 2.75) is 63.4 Å². The Kier molecular flexibility index (Phi) is 8.22. The summed E-state index contributed by atoms with van der Waals surface area (Å²) in [5.41, 5.74) is 3.14. The van der Waals surface area contributed by atoms with Gasteiger partial charge in [0, 0.05) is 12.0 Å². The molecule has 1 aliphatic rings. The van der Waals surface area contributed by atoms with Gasteiger partial charge in [-0.25, -0.2) is 8.42 Å². The highest BCUT2D eigenvalue weighted by atomic mass is 32.2. The second-order valence-corrected chi connectivity index (χ2v) is 11.5. The van der Waals surface area contributed by atoms with Crippen LogP contribution < -0.4 is 0 Å². The molecule has 0 aliphatic carbocycles. The van der Waals surface area contributed by atoms with E-state index in [1.165, 1.54) is 5.56 Å². The summed E-state index contributed by atoms with van der Waals surface area (Å²) in [5.74, 6) is 0.0506. The van der Waals surface area contributed by atoms with Crippen molar-refractivity contribution in [3.8, 4) is 0 Å². The summed E-state index contributed by atoms with van der Waals surface area (Å²) in [4.78, 5) is 0.618. The number of sulfone groups is 1. The lowest BCUT2D eigenvalue weighted by Gasteiger charge is -2.37. The molecular formula is C30H34O4S. The van der Waals surface area contributed by atoms with Crippen LogP contribution in [0.5, 0.6) is 0 Å². The fourth-order valence-corrected chi connectivity index (χ4v) is 6.08. The summed E-state index contributed by atoms with van der Waals surface area (Å²) >= 11 is 0. The van der Waals surface area contributed by atoms with E-state index in [9.17, 15) is 8.42 Å². The Morgan fingerprint density at radius 3 is 2.17 bits per heavy atom. The molecule has 1 fully saturated rings. The number of hydrogen-bond acceptors (Lipinski definition) is 4. The monoisotopic (exact) mass is 490 g/mol. The molecule has 0 bridgehead atoms. The summed E-state index contributed by atoms with van der Waals surface area (Å²) in [6.07, 6.45) is 2.60. The number of benzene rings is 3. The van der Waals surface area contributed by atoms with E-state index in [-0.39, 0.29) is 12.0 Å². The van der Waals surface area contributed by atoms with Gasteiger partial charge >= 0.3 is 0 Å². The van der Waals surface area contributed by atoms with Crippen LogP contribution in [0.15, 0.2) is 101 Å². The first-order chi connectivity index (χ1) is 16.8. The van der Waals surface area contributed by atoms with Crippen LogP contribution in [0.4, 0.5) is 0 Å². The number of rotatable bonds is 8. The van der Waals surface area contributed by atoms with Crippen molar-refractivity contribution in [3.63, 3.8) is 0 Å². The van der Waals surface area contributed by atoms with Crippen molar-refractivity contribution in [1.82, 2.24) is 0 Å². The molecule has 3 atom stereocenters. The summed E-state index contributed by atoms with van der Waals surface area (Å²) in [5, 5.41) is 0. The average Bonchev–Trinajstić information content (AvgIpc) is 2.87. The Morgan fingerprint density at radius 1 is 0.914 bits per heavy atom. The number of ether oxygens (including phenoxy) is 2. The van der Waals surface area contributed by atoms with Crippen LogP contribution in [0.3, 0.4) is 0 Å². The Morgan fingerprint density at radius 2 is 1.54 bits per heavy atom. The normalized spacial score (nSPS) is 21.3. The van der Waals surface area contributed by atoms with Crippen molar-refractivity contribution < 1.29 is 17.9 Å². The maximum absolute atomic E-state index is 13.8. The van der Waals surface area contributed by atoms with Gasteiger partial charge in [0.05, 0.1) is 22.0 Å². The third-order valence-electron chi connectivity index (χ3n) is 6.21. The SMILES string of the molecule is Cc1ccc(S(=O)(=O)/C(=C/C(C)C)[C@@H]2C[C@H](CCc3ccccc3)O[C@H](c3ccccc3)O2)cc1. The van der Waals surface area contributed by atoms with Crippen LogP contribution in [-0.2, 0) is 25.7 Å². The van der Waals surface area contributed by atoms with E-state index in [1.54, 1.807) is 12.1 Å². The van der Waals surface area contributed by atoms with E-state index in [4.69, 9.17) is 9.47 Å². The maximum atomic E-state index is 13.8. The van der Waals surface area contributed by atoms with Gasteiger partial charge in [0.2, 0.25) is 9.84 Å². The number of aryl methyl sites for hydroxylation is 2. The Bertz CT molecular complexity index is 1220. The third kappa shape index (κ3) is 6.49. The van der Waals surface area contributed by atoms with Gasteiger partial charge < -0.3 is 9.47 Å². The molecule has 1 saturated heterocycles. The standard InChI is InChI=1S/C30H34O4S/c1-22(2)20-29(35(31,32)27-18-14-23(3)15-19-27)28-21-26(17-16-24-10-6-4-7-11-24)33-30(34-28)25-12-8-5-9-13-25/h4-15,18-20,22,26,28,30H,16-17,21H2,1-3H3/b29-20+/t26-,28-,30-/m0/s1. The van der Waals surface area contributed by atoms with Crippen molar-refractivity contribution in [2.24, 2.45) is 5.92 Å². The van der Waals surface area contributed by atoms with Crippen LogP contribution in [0, 0.1) is 12.8 Å². The fourth-order valence-electron chi connectivity index (χ4n) is 4.37. The molecular weight excluding hydrogens is 456 g/mol. The lowest BCUT2D eigenvalue weighted by molar-refractivity contribution is -0.238. The lowest BCUT2D eigenvalue weighted by atomic mass is 10.00. The van der Waals surface area contributed by atoms with Crippen LogP contribution in [0.25, 0.3) is 0 Å². The molecule has 5 heteroatoms. The average molecular weight is 491 g/mol. The Hall–Kier alpha value is -2.73. The van der Waals surface area contributed by atoms with Crippen molar-refractivity contribution in [1.29, 1.82) is 0 Å². The molecule has 184 valence electrons. The third-order valence-corrected chi connectivity index (χ3v) is 8.12. The van der Waals surface area contributed by atoms with Gasteiger partial charge in [0.25, 0.3) is 0 Å². The van der Waals surface area contributed by atoms with Crippen molar-refractivity contribution in [2.75, 3.05) is 0 Å². The first-order valence-corrected chi connectivity index (χ1v) is 13.7. The summed E-state index contributed by atoms with van der Waals surface area (Å²) < 4.78 is 40.4. The molecule has 0 N–H and O–H groups in total. The van der Waals surface area contributed by atoms with Crippen LogP contribution in [0.2, 0.25) is 0 Å². The Labute approximate surface area is 209 Å². The van der Waals surface area contributed by atoms with Gasteiger partial charge in [0.1, 0.15) is 0 Å². The number of allylic oxidation sites excluding steroid dienone is 1. The molecule has 0 amide bonds. The smallest absolute Gasteiger partial charge is 0.205 e. The molecule has 1 heterocycles. The van der Waals surface area contributed by atoms with E-state index < -0.39 is 22.2 Å². The van der Waals surface area contributed by atoms with Gasteiger partial charge in [-0.15, -0.1) is 0 Å². The molecule has 1 aliphatic heterocycles. The van der Waals surface area contributed by atoms with Gasteiger partial charge in [-0.1, -0.05) is 98.3 Å². The highest BCUT2D eigenvalue weighted by molar-refractivity contribution is 7.95. The van der Waals surface area contributed by atoms with Gasteiger partial charge in [0.15, 0.2) is 6.29 Å². The summed E-state index contributed by atoms with van der Waals surface area (Å²) in [6.45, 7) is 5.93. The Balaban J connectivity index is 1.66. The highest BCUT2D eigenvalue weighted by Crippen LogP contribution is 2.37. The zero-order chi connectivity index (χ0) is 24.8. The largest absolute Gasteiger partial charge is 0.345 e. The maximum Gasteiger partial charge on any atom is 0.205 e. The molecule has 3 aromatic rings. The highest BCUT2D eigenvalue weighted by Gasteiger charge is 2.38. The minimum Gasteiger partial charge on any atom is -0.345 e.